The van der Waals surface area contributed by atoms with Crippen molar-refractivity contribution in [2.24, 2.45) is 5.84 Å². The molecule has 1 heterocycles. The molecule has 1 rings (SSSR count). The van der Waals surface area contributed by atoms with E-state index in [1.54, 1.807) is 11.9 Å². The molecule has 0 bridgehead atoms. The van der Waals surface area contributed by atoms with E-state index < -0.39 is 12.0 Å². The van der Waals surface area contributed by atoms with Crippen LogP contribution < -0.4 is 16.2 Å². The first kappa shape index (κ1) is 15.5. The van der Waals surface area contributed by atoms with Crippen LogP contribution in [0.1, 0.15) is 32.5 Å². The summed E-state index contributed by atoms with van der Waals surface area (Å²) in [5, 5.41) is 0. The number of rotatable bonds is 5. The molecule has 0 spiro atoms. The summed E-state index contributed by atoms with van der Waals surface area (Å²) >= 11 is 0. The molecule has 5 nitrogen and oxygen atoms in total. The number of hydrazine groups is 1. The van der Waals surface area contributed by atoms with Gasteiger partial charge in [-0.2, -0.15) is 13.2 Å². The molecule has 0 saturated carbocycles. The summed E-state index contributed by atoms with van der Waals surface area (Å²) in [6.45, 7) is 3.94. The Labute approximate surface area is 110 Å². The lowest BCUT2D eigenvalue weighted by molar-refractivity contribution is -0.144. The SMILES string of the molecule is CCCC(C)N(C)c1cc(NN)nc(C(F)(F)F)n1. The van der Waals surface area contributed by atoms with E-state index in [1.807, 2.05) is 13.8 Å². The van der Waals surface area contributed by atoms with Crippen LogP contribution in [0.5, 0.6) is 0 Å². The van der Waals surface area contributed by atoms with Crippen LogP contribution in [-0.4, -0.2) is 23.1 Å². The summed E-state index contributed by atoms with van der Waals surface area (Å²) in [5.74, 6) is 4.07. The van der Waals surface area contributed by atoms with E-state index in [2.05, 4.69) is 15.4 Å². The van der Waals surface area contributed by atoms with Gasteiger partial charge in [-0.25, -0.2) is 15.8 Å². The molecule has 1 atom stereocenters. The first-order chi connectivity index (χ1) is 8.79. The van der Waals surface area contributed by atoms with Crippen molar-refractivity contribution in [1.29, 1.82) is 0 Å². The fraction of sp³-hybridized carbons (Fsp3) is 0.636. The molecule has 1 aromatic rings. The van der Waals surface area contributed by atoms with Crippen LogP contribution in [-0.2, 0) is 6.18 Å². The highest BCUT2D eigenvalue weighted by atomic mass is 19.4. The summed E-state index contributed by atoms with van der Waals surface area (Å²) in [4.78, 5) is 8.54. The number of alkyl halides is 3. The molecule has 1 unspecified atom stereocenters. The Morgan fingerprint density at radius 1 is 1.42 bits per heavy atom. The minimum Gasteiger partial charge on any atom is -0.357 e. The van der Waals surface area contributed by atoms with Crippen molar-refractivity contribution in [3.63, 3.8) is 0 Å². The van der Waals surface area contributed by atoms with Crippen LogP contribution in [0.25, 0.3) is 0 Å². The van der Waals surface area contributed by atoms with E-state index in [0.717, 1.165) is 12.8 Å². The van der Waals surface area contributed by atoms with Crippen LogP contribution in [0.2, 0.25) is 0 Å². The molecule has 0 aliphatic rings. The normalized spacial score (nSPS) is 13.2. The molecule has 0 saturated heterocycles. The smallest absolute Gasteiger partial charge is 0.357 e. The summed E-state index contributed by atoms with van der Waals surface area (Å²) < 4.78 is 38.1. The van der Waals surface area contributed by atoms with Crippen molar-refractivity contribution in [2.75, 3.05) is 17.4 Å². The van der Waals surface area contributed by atoms with E-state index in [-0.39, 0.29) is 17.7 Å². The molecule has 8 heteroatoms. The molecule has 1 aromatic heterocycles. The summed E-state index contributed by atoms with van der Waals surface area (Å²) in [5.41, 5.74) is 2.13. The standard InChI is InChI=1S/C11H18F3N5/c1-4-5-7(2)19(3)9-6-8(18-15)16-10(17-9)11(12,13)14/h6-7H,4-5,15H2,1-3H3,(H,16,17,18). The summed E-state index contributed by atoms with van der Waals surface area (Å²) in [7, 11) is 1.70. The predicted molar refractivity (Wildman–Crippen MR) is 67.6 cm³/mol. The van der Waals surface area contributed by atoms with E-state index in [9.17, 15) is 13.2 Å². The molecule has 108 valence electrons. The maximum Gasteiger partial charge on any atom is 0.451 e. The zero-order valence-corrected chi connectivity index (χ0v) is 11.1. The zero-order chi connectivity index (χ0) is 14.6. The van der Waals surface area contributed by atoms with Crippen LogP contribution in [0.3, 0.4) is 0 Å². The minimum atomic E-state index is -4.60. The molecular formula is C11H18F3N5. The average molecular weight is 277 g/mol. The Kier molecular flexibility index (Phi) is 4.93. The van der Waals surface area contributed by atoms with Gasteiger partial charge in [-0.05, 0) is 13.3 Å². The van der Waals surface area contributed by atoms with Gasteiger partial charge in [0.25, 0.3) is 0 Å². The fourth-order valence-electron chi connectivity index (χ4n) is 1.65. The van der Waals surface area contributed by atoms with Gasteiger partial charge in [0, 0.05) is 19.2 Å². The van der Waals surface area contributed by atoms with Crippen molar-refractivity contribution in [3.8, 4) is 0 Å². The number of nitrogens with zero attached hydrogens (tertiary/aromatic N) is 3. The van der Waals surface area contributed by atoms with E-state index in [0.29, 0.717) is 0 Å². The number of nitrogens with one attached hydrogen (secondary N) is 1. The van der Waals surface area contributed by atoms with Crippen molar-refractivity contribution in [2.45, 2.75) is 38.9 Å². The Balaban J connectivity index is 3.13. The third kappa shape index (κ3) is 3.95. The number of halogens is 3. The molecule has 3 N–H and O–H groups in total. The quantitative estimate of drug-likeness (QED) is 0.639. The Hall–Kier alpha value is -1.57. The van der Waals surface area contributed by atoms with Gasteiger partial charge in [0.15, 0.2) is 0 Å². The zero-order valence-electron chi connectivity index (χ0n) is 11.1. The van der Waals surface area contributed by atoms with Crippen molar-refractivity contribution < 1.29 is 13.2 Å². The van der Waals surface area contributed by atoms with Gasteiger partial charge in [-0.1, -0.05) is 13.3 Å². The lowest BCUT2D eigenvalue weighted by Crippen LogP contribution is -2.30. The molecule has 0 aromatic carbocycles. The Morgan fingerprint density at radius 3 is 2.53 bits per heavy atom. The second-order valence-electron chi connectivity index (χ2n) is 4.33. The molecule has 0 radical (unpaired) electrons. The Morgan fingerprint density at radius 2 is 2.05 bits per heavy atom. The predicted octanol–water partition coefficient (Wildman–Crippen LogP) is 2.41. The first-order valence-corrected chi connectivity index (χ1v) is 5.95. The van der Waals surface area contributed by atoms with Crippen molar-refractivity contribution in [1.82, 2.24) is 9.97 Å². The average Bonchev–Trinajstić information content (AvgIpc) is 2.36. The minimum absolute atomic E-state index is 0.0622. The summed E-state index contributed by atoms with van der Waals surface area (Å²) in [6, 6.07) is 1.47. The maximum absolute atomic E-state index is 12.7. The molecule has 0 fully saturated rings. The highest BCUT2D eigenvalue weighted by Gasteiger charge is 2.35. The second-order valence-corrected chi connectivity index (χ2v) is 4.33. The molecule has 0 aliphatic heterocycles. The maximum atomic E-state index is 12.7. The largest absolute Gasteiger partial charge is 0.451 e. The van der Waals surface area contributed by atoms with Gasteiger partial charge in [-0.3, -0.25) is 0 Å². The molecular weight excluding hydrogens is 259 g/mol. The van der Waals surface area contributed by atoms with E-state index in [1.165, 1.54) is 6.07 Å². The number of nitrogen functional groups attached to an aromatic ring is 1. The number of anilines is 2. The number of aromatic nitrogens is 2. The number of hydrogen-bond donors (Lipinski definition) is 2. The third-order valence-electron chi connectivity index (χ3n) is 2.84. The van der Waals surface area contributed by atoms with Gasteiger partial charge in [0.1, 0.15) is 11.6 Å². The van der Waals surface area contributed by atoms with Gasteiger partial charge < -0.3 is 10.3 Å². The number of nitrogens with two attached hydrogens (primary N) is 1. The van der Waals surface area contributed by atoms with Gasteiger partial charge in [0.05, 0.1) is 0 Å². The fourth-order valence-corrected chi connectivity index (χ4v) is 1.65. The van der Waals surface area contributed by atoms with Crippen LogP contribution in [0, 0.1) is 0 Å². The number of hydrogen-bond acceptors (Lipinski definition) is 5. The lowest BCUT2D eigenvalue weighted by Gasteiger charge is -2.26. The van der Waals surface area contributed by atoms with Crippen molar-refractivity contribution >= 4 is 11.6 Å². The third-order valence-corrected chi connectivity index (χ3v) is 2.84. The van der Waals surface area contributed by atoms with Crippen LogP contribution in [0.4, 0.5) is 24.8 Å². The molecule has 0 aliphatic carbocycles. The topological polar surface area (TPSA) is 67.1 Å². The van der Waals surface area contributed by atoms with E-state index >= 15 is 0 Å². The lowest BCUT2D eigenvalue weighted by atomic mass is 10.2. The second kappa shape index (κ2) is 6.05. The van der Waals surface area contributed by atoms with Crippen LogP contribution >= 0.6 is 0 Å². The first-order valence-electron chi connectivity index (χ1n) is 5.95. The Bertz CT molecular complexity index is 421. The highest BCUT2D eigenvalue weighted by Crippen LogP contribution is 2.29. The van der Waals surface area contributed by atoms with Gasteiger partial charge in [-0.15, -0.1) is 0 Å². The van der Waals surface area contributed by atoms with E-state index in [4.69, 9.17) is 5.84 Å². The highest BCUT2D eigenvalue weighted by molar-refractivity contribution is 5.49. The summed E-state index contributed by atoms with van der Waals surface area (Å²) in [6.07, 6.45) is -2.81. The van der Waals surface area contributed by atoms with Crippen molar-refractivity contribution in [3.05, 3.63) is 11.9 Å². The van der Waals surface area contributed by atoms with Gasteiger partial charge in [0.2, 0.25) is 5.82 Å². The molecule has 0 amide bonds. The van der Waals surface area contributed by atoms with Crippen LogP contribution in [0.15, 0.2) is 6.07 Å². The molecule has 19 heavy (non-hydrogen) atoms. The monoisotopic (exact) mass is 277 g/mol. The van der Waals surface area contributed by atoms with Gasteiger partial charge >= 0.3 is 6.18 Å².